The lowest BCUT2D eigenvalue weighted by Crippen LogP contribution is -2.32. The zero-order valence-electron chi connectivity index (χ0n) is 9.42. The largest absolute Gasteiger partial charge is 0.351 e. The third-order valence-corrected chi connectivity index (χ3v) is 3.15. The van der Waals surface area contributed by atoms with Gasteiger partial charge in [-0.15, -0.1) is 0 Å². The molecule has 0 bridgehead atoms. The van der Waals surface area contributed by atoms with Crippen molar-refractivity contribution >= 4 is 22.9 Å². The third-order valence-electron chi connectivity index (χ3n) is 2.91. The normalized spacial score (nSPS) is 17.1. The Labute approximate surface area is 96.4 Å². The number of benzene rings is 1. The molecule has 0 amide bonds. The van der Waals surface area contributed by atoms with Gasteiger partial charge in [0.05, 0.1) is 0 Å². The summed E-state index contributed by atoms with van der Waals surface area (Å²) < 4.78 is 0. The number of anilines is 1. The minimum atomic E-state index is 0.0369. The van der Waals surface area contributed by atoms with E-state index in [-0.39, 0.29) is 5.50 Å². The van der Waals surface area contributed by atoms with Crippen molar-refractivity contribution < 1.29 is 0 Å². The van der Waals surface area contributed by atoms with Gasteiger partial charge in [-0.25, -0.2) is 0 Å². The number of aryl methyl sites for hydroxylation is 1. The number of hydrogen-bond acceptors (Lipinski definition) is 1. The van der Waals surface area contributed by atoms with Crippen LogP contribution in [0.1, 0.15) is 25.0 Å². The standard InChI is InChI=1S/C13H16ClN/c1-9-4-5-12-10(2)6-7-15(11(3)14)13(12)8-9/h4-6,8,11H,7H2,1-3H3. The Kier molecular flexibility index (Phi) is 2.74. The minimum absolute atomic E-state index is 0.0369. The summed E-state index contributed by atoms with van der Waals surface area (Å²) >= 11 is 6.18. The molecule has 1 heterocycles. The average molecular weight is 222 g/mol. The highest BCUT2D eigenvalue weighted by Crippen LogP contribution is 2.33. The number of allylic oxidation sites excluding steroid dienone is 1. The predicted octanol–water partition coefficient (Wildman–Crippen LogP) is 3.80. The van der Waals surface area contributed by atoms with Gasteiger partial charge in [-0.2, -0.15) is 0 Å². The fourth-order valence-electron chi connectivity index (χ4n) is 1.99. The first-order valence-electron chi connectivity index (χ1n) is 5.28. The second-order valence-corrected chi connectivity index (χ2v) is 4.77. The van der Waals surface area contributed by atoms with Gasteiger partial charge in [0, 0.05) is 17.8 Å². The molecule has 80 valence electrons. The number of rotatable bonds is 1. The lowest BCUT2D eigenvalue weighted by atomic mass is 9.99. The SMILES string of the molecule is CC1=CCN(C(C)Cl)c2cc(C)ccc21. The maximum Gasteiger partial charge on any atom is 0.101 e. The molecular weight excluding hydrogens is 206 g/mol. The van der Waals surface area contributed by atoms with Crippen LogP contribution in [0.2, 0.25) is 0 Å². The number of fused-ring (bicyclic) bond motifs is 1. The molecule has 0 aliphatic carbocycles. The van der Waals surface area contributed by atoms with Crippen LogP contribution in [0.15, 0.2) is 24.3 Å². The Morgan fingerprint density at radius 2 is 2.07 bits per heavy atom. The number of nitrogens with zero attached hydrogens (tertiary/aromatic N) is 1. The molecule has 0 fully saturated rings. The van der Waals surface area contributed by atoms with Crippen LogP contribution < -0.4 is 4.90 Å². The molecule has 0 aromatic heterocycles. The quantitative estimate of drug-likeness (QED) is 0.515. The van der Waals surface area contributed by atoms with Crippen LogP contribution in [0, 0.1) is 6.92 Å². The summed E-state index contributed by atoms with van der Waals surface area (Å²) in [4.78, 5) is 2.22. The highest BCUT2D eigenvalue weighted by Gasteiger charge is 2.19. The Bertz CT molecular complexity index is 407. The Morgan fingerprint density at radius 3 is 2.73 bits per heavy atom. The van der Waals surface area contributed by atoms with E-state index >= 15 is 0 Å². The molecular formula is C13H16ClN. The van der Waals surface area contributed by atoms with E-state index < -0.39 is 0 Å². The molecule has 0 radical (unpaired) electrons. The summed E-state index contributed by atoms with van der Waals surface area (Å²) in [6.45, 7) is 7.20. The summed E-state index contributed by atoms with van der Waals surface area (Å²) in [5, 5.41) is 0. The maximum atomic E-state index is 6.18. The summed E-state index contributed by atoms with van der Waals surface area (Å²) in [6, 6.07) is 6.55. The molecule has 1 atom stereocenters. The van der Waals surface area contributed by atoms with Gasteiger partial charge < -0.3 is 4.90 Å². The zero-order chi connectivity index (χ0) is 11.0. The molecule has 2 rings (SSSR count). The molecule has 0 saturated heterocycles. The lowest BCUT2D eigenvalue weighted by molar-refractivity contribution is 0.837. The highest BCUT2D eigenvalue weighted by molar-refractivity contribution is 6.21. The van der Waals surface area contributed by atoms with Crippen molar-refractivity contribution in [2.24, 2.45) is 0 Å². The molecule has 1 aromatic rings. The molecule has 0 saturated carbocycles. The Morgan fingerprint density at radius 1 is 1.33 bits per heavy atom. The first-order chi connectivity index (χ1) is 7.09. The van der Waals surface area contributed by atoms with Crippen LogP contribution in [0.4, 0.5) is 5.69 Å². The second-order valence-electron chi connectivity index (χ2n) is 4.13. The van der Waals surface area contributed by atoms with Crippen LogP contribution in [-0.4, -0.2) is 12.0 Å². The second kappa shape index (κ2) is 3.90. The topological polar surface area (TPSA) is 3.24 Å². The molecule has 2 heteroatoms. The first kappa shape index (κ1) is 10.6. The van der Waals surface area contributed by atoms with Gasteiger partial charge in [0.1, 0.15) is 5.50 Å². The van der Waals surface area contributed by atoms with Crippen LogP contribution in [0.3, 0.4) is 0 Å². The van der Waals surface area contributed by atoms with Gasteiger partial charge in [-0.3, -0.25) is 0 Å². The monoisotopic (exact) mass is 221 g/mol. The van der Waals surface area contributed by atoms with Gasteiger partial charge >= 0.3 is 0 Å². The van der Waals surface area contributed by atoms with Crippen molar-refractivity contribution in [3.63, 3.8) is 0 Å². The third kappa shape index (κ3) is 1.89. The Hall–Kier alpha value is -0.950. The number of alkyl halides is 1. The molecule has 1 unspecified atom stereocenters. The van der Waals surface area contributed by atoms with E-state index in [4.69, 9.17) is 11.6 Å². The molecule has 0 N–H and O–H groups in total. The predicted molar refractivity (Wildman–Crippen MR) is 67.5 cm³/mol. The van der Waals surface area contributed by atoms with Crippen molar-refractivity contribution in [2.45, 2.75) is 26.3 Å². The molecule has 1 aromatic carbocycles. The summed E-state index contributed by atoms with van der Waals surface area (Å²) in [5.41, 5.74) is 5.23. The van der Waals surface area contributed by atoms with Crippen molar-refractivity contribution in [3.05, 3.63) is 35.4 Å². The number of hydrogen-bond donors (Lipinski definition) is 0. The van der Waals surface area contributed by atoms with Crippen LogP contribution in [0.25, 0.3) is 5.57 Å². The maximum absolute atomic E-state index is 6.18. The van der Waals surface area contributed by atoms with Crippen LogP contribution in [-0.2, 0) is 0 Å². The van der Waals surface area contributed by atoms with E-state index in [9.17, 15) is 0 Å². The van der Waals surface area contributed by atoms with E-state index in [0.29, 0.717) is 0 Å². The molecule has 1 nitrogen and oxygen atoms in total. The molecule has 0 spiro atoms. The fourth-order valence-corrected chi connectivity index (χ4v) is 2.18. The minimum Gasteiger partial charge on any atom is -0.351 e. The van der Waals surface area contributed by atoms with Crippen molar-refractivity contribution in [3.8, 4) is 0 Å². The van der Waals surface area contributed by atoms with Gasteiger partial charge in [-0.05, 0) is 38.0 Å². The molecule has 1 aliphatic heterocycles. The van der Waals surface area contributed by atoms with Crippen LogP contribution in [0.5, 0.6) is 0 Å². The van der Waals surface area contributed by atoms with Crippen molar-refractivity contribution in [2.75, 3.05) is 11.4 Å². The fraction of sp³-hybridized carbons (Fsp3) is 0.385. The number of halogens is 1. The zero-order valence-corrected chi connectivity index (χ0v) is 10.2. The smallest absolute Gasteiger partial charge is 0.101 e. The van der Waals surface area contributed by atoms with E-state index in [2.05, 4.69) is 43.0 Å². The van der Waals surface area contributed by atoms with Gasteiger partial charge in [-0.1, -0.05) is 29.8 Å². The highest BCUT2D eigenvalue weighted by atomic mass is 35.5. The summed E-state index contributed by atoms with van der Waals surface area (Å²) in [6.07, 6.45) is 2.23. The van der Waals surface area contributed by atoms with Gasteiger partial charge in [0.15, 0.2) is 0 Å². The van der Waals surface area contributed by atoms with E-state index in [0.717, 1.165) is 6.54 Å². The van der Waals surface area contributed by atoms with E-state index in [1.165, 1.54) is 22.4 Å². The van der Waals surface area contributed by atoms with Gasteiger partial charge in [0.25, 0.3) is 0 Å². The van der Waals surface area contributed by atoms with Crippen molar-refractivity contribution in [1.82, 2.24) is 0 Å². The average Bonchev–Trinajstić information content (AvgIpc) is 2.17. The molecule has 15 heavy (non-hydrogen) atoms. The lowest BCUT2D eigenvalue weighted by Gasteiger charge is -2.32. The summed E-state index contributed by atoms with van der Waals surface area (Å²) in [7, 11) is 0. The van der Waals surface area contributed by atoms with Crippen molar-refractivity contribution in [1.29, 1.82) is 0 Å². The Balaban J connectivity index is 2.53. The first-order valence-corrected chi connectivity index (χ1v) is 5.71. The van der Waals surface area contributed by atoms with E-state index in [1.54, 1.807) is 0 Å². The van der Waals surface area contributed by atoms with Gasteiger partial charge in [0.2, 0.25) is 0 Å². The van der Waals surface area contributed by atoms with Crippen LogP contribution >= 0.6 is 11.6 Å². The summed E-state index contributed by atoms with van der Waals surface area (Å²) in [5.74, 6) is 0. The molecule has 1 aliphatic rings. The van der Waals surface area contributed by atoms with E-state index in [1.807, 2.05) is 6.92 Å².